The van der Waals surface area contributed by atoms with Crippen LogP contribution in [0, 0.1) is 21.4 Å². The summed E-state index contributed by atoms with van der Waals surface area (Å²) in [4.78, 5) is 35.4. The van der Waals surface area contributed by atoms with Gasteiger partial charge in [0.15, 0.2) is 0 Å². The van der Waals surface area contributed by atoms with Crippen molar-refractivity contribution in [3.8, 4) is 0 Å². The molecule has 1 fully saturated rings. The van der Waals surface area contributed by atoms with Crippen LogP contribution in [-0.4, -0.2) is 41.0 Å². The molecule has 1 aliphatic carbocycles. The lowest BCUT2D eigenvalue weighted by Gasteiger charge is -2.42. The molecule has 1 aromatic carbocycles. The lowest BCUT2D eigenvalue weighted by atomic mass is 9.66. The first-order valence-corrected chi connectivity index (χ1v) is 9.70. The van der Waals surface area contributed by atoms with Gasteiger partial charge in [0, 0.05) is 25.3 Å². The highest BCUT2D eigenvalue weighted by Gasteiger charge is 2.37. The van der Waals surface area contributed by atoms with Crippen molar-refractivity contribution in [2.24, 2.45) is 11.3 Å². The van der Waals surface area contributed by atoms with Gasteiger partial charge in [0.05, 0.1) is 15.5 Å². The summed E-state index contributed by atoms with van der Waals surface area (Å²) in [5.74, 6) is -1.04. The number of non-ortho nitro benzene ring substituents is 1. The number of halogens is 1. The van der Waals surface area contributed by atoms with Crippen LogP contribution in [0.3, 0.4) is 0 Å². The summed E-state index contributed by atoms with van der Waals surface area (Å²) >= 11 is 6.00. The highest BCUT2D eigenvalue weighted by molar-refractivity contribution is 6.34. The summed E-state index contributed by atoms with van der Waals surface area (Å²) in [5, 5.41) is 25.5. The molecule has 2 amide bonds. The van der Waals surface area contributed by atoms with E-state index in [1.54, 1.807) is 0 Å². The van der Waals surface area contributed by atoms with Gasteiger partial charge < -0.3 is 15.7 Å². The molecule has 154 valence electrons. The minimum atomic E-state index is -0.773. The second-order valence-corrected chi connectivity index (χ2v) is 8.07. The van der Waals surface area contributed by atoms with E-state index < -0.39 is 16.9 Å². The molecule has 1 aliphatic rings. The molecule has 9 heteroatoms. The summed E-state index contributed by atoms with van der Waals surface area (Å²) in [6.07, 6.45) is 3.65. The minimum Gasteiger partial charge on any atom is -0.396 e. The Morgan fingerprint density at radius 1 is 1.36 bits per heavy atom. The van der Waals surface area contributed by atoms with E-state index in [0.29, 0.717) is 13.0 Å². The average molecular weight is 412 g/mol. The number of aliphatic hydroxyl groups is 1. The van der Waals surface area contributed by atoms with Gasteiger partial charge in [0.1, 0.15) is 6.04 Å². The number of amides is 2. The van der Waals surface area contributed by atoms with Crippen LogP contribution in [0.4, 0.5) is 5.69 Å². The lowest BCUT2D eigenvalue weighted by molar-refractivity contribution is -0.384. The number of carbonyl (C=O) groups is 2. The van der Waals surface area contributed by atoms with E-state index in [1.807, 2.05) is 13.8 Å². The van der Waals surface area contributed by atoms with E-state index in [1.165, 1.54) is 12.1 Å². The molecule has 0 heterocycles. The largest absolute Gasteiger partial charge is 0.396 e. The van der Waals surface area contributed by atoms with Crippen molar-refractivity contribution in [2.75, 3.05) is 13.2 Å². The monoisotopic (exact) mass is 411 g/mol. The van der Waals surface area contributed by atoms with Gasteiger partial charge in [-0.15, -0.1) is 0 Å². The molecule has 1 atom stereocenters. The number of nitrogens with one attached hydrogen (secondary N) is 2. The van der Waals surface area contributed by atoms with Gasteiger partial charge in [0.25, 0.3) is 11.6 Å². The molecular formula is C19H26ClN3O5. The van der Waals surface area contributed by atoms with Crippen molar-refractivity contribution in [1.29, 1.82) is 0 Å². The SMILES string of the molecule is CC(C)[C@@H](NC(=O)c1ccc([N+](=O)[O-])cc1Cl)C(=O)NCC1(CCO)CCC1. The third kappa shape index (κ3) is 5.20. The Kier molecular flexibility index (Phi) is 7.37. The van der Waals surface area contributed by atoms with Crippen LogP contribution < -0.4 is 10.6 Å². The highest BCUT2D eigenvalue weighted by Crippen LogP contribution is 2.43. The molecule has 0 spiro atoms. The van der Waals surface area contributed by atoms with Gasteiger partial charge in [-0.05, 0) is 36.7 Å². The normalized spacial score (nSPS) is 16.2. The molecule has 0 saturated heterocycles. The molecule has 0 bridgehead atoms. The Bertz CT molecular complexity index is 749. The standard InChI is InChI=1S/C19H26ClN3O5/c1-12(2)16(18(26)21-11-19(8-9-24)6-3-7-19)22-17(25)14-5-4-13(23(27)28)10-15(14)20/h4-5,10,12,16,24H,3,6-9,11H2,1-2H3,(H,21,26)(H,22,25)/t16-/m1/s1. The second kappa shape index (κ2) is 9.34. The number of benzene rings is 1. The highest BCUT2D eigenvalue weighted by atomic mass is 35.5. The number of rotatable bonds is 9. The fourth-order valence-electron chi connectivity index (χ4n) is 3.37. The predicted molar refractivity (Wildman–Crippen MR) is 105 cm³/mol. The van der Waals surface area contributed by atoms with Gasteiger partial charge >= 0.3 is 0 Å². The van der Waals surface area contributed by atoms with Gasteiger partial charge in [-0.1, -0.05) is 31.9 Å². The van der Waals surface area contributed by atoms with Crippen LogP contribution in [0.1, 0.15) is 49.9 Å². The van der Waals surface area contributed by atoms with Crippen molar-refractivity contribution in [2.45, 2.75) is 45.6 Å². The third-order valence-electron chi connectivity index (χ3n) is 5.34. The maximum Gasteiger partial charge on any atom is 0.270 e. The van der Waals surface area contributed by atoms with Crippen LogP contribution in [0.2, 0.25) is 5.02 Å². The van der Waals surface area contributed by atoms with Gasteiger partial charge in [-0.25, -0.2) is 0 Å². The van der Waals surface area contributed by atoms with E-state index in [4.69, 9.17) is 11.6 Å². The van der Waals surface area contributed by atoms with Crippen molar-refractivity contribution < 1.29 is 19.6 Å². The molecule has 0 aromatic heterocycles. The van der Waals surface area contributed by atoms with E-state index in [2.05, 4.69) is 10.6 Å². The zero-order chi connectivity index (χ0) is 20.9. The molecule has 8 nitrogen and oxygen atoms in total. The van der Waals surface area contributed by atoms with Crippen LogP contribution >= 0.6 is 11.6 Å². The Labute approximate surface area is 168 Å². The summed E-state index contributed by atoms with van der Waals surface area (Å²) in [7, 11) is 0. The molecule has 28 heavy (non-hydrogen) atoms. The number of aliphatic hydroxyl groups excluding tert-OH is 1. The summed E-state index contributed by atoms with van der Waals surface area (Å²) in [5.41, 5.74) is -0.201. The third-order valence-corrected chi connectivity index (χ3v) is 5.65. The quantitative estimate of drug-likeness (QED) is 0.426. The zero-order valence-electron chi connectivity index (χ0n) is 16.0. The molecule has 3 N–H and O–H groups in total. The topological polar surface area (TPSA) is 122 Å². The molecule has 0 unspecified atom stereocenters. The zero-order valence-corrected chi connectivity index (χ0v) is 16.8. The molecule has 1 saturated carbocycles. The predicted octanol–water partition coefficient (Wildman–Crippen LogP) is 2.67. The number of nitro groups is 1. The molecule has 0 radical (unpaired) electrons. The lowest BCUT2D eigenvalue weighted by Crippen LogP contribution is -2.52. The Hall–Kier alpha value is -2.19. The van der Waals surface area contributed by atoms with Crippen LogP contribution in [0.25, 0.3) is 0 Å². The first-order chi connectivity index (χ1) is 13.2. The van der Waals surface area contributed by atoms with Crippen molar-refractivity contribution in [3.63, 3.8) is 0 Å². The number of nitrogens with zero attached hydrogens (tertiary/aromatic N) is 1. The Morgan fingerprint density at radius 2 is 2.04 bits per heavy atom. The maximum atomic E-state index is 12.7. The van der Waals surface area contributed by atoms with Gasteiger partial charge in [0.2, 0.25) is 5.91 Å². The summed E-state index contributed by atoms with van der Waals surface area (Å²) in [6.45, 7) is 4.17. The number of hydrogen-bond donors (Lipinski definition) is 3. The average Bonchev–Trinajstić information content (AvgIpc) is 2.60. The molecule has 0 aliphatic heterocycles. The summed E-state index contributed by atoms with van der Waals surface area (Å²) < 4.78 is 0. The van der Waals surface area contributed by atoms with Gasteiger partial charge in [-0.2, -0.15) is 0 Å². The fourth-order valence-corrected chi connectivity index (χ4v) is 3.63. The second-order valence-electron chi connectivity index (χ2n) is 7.66. The molecule has 1 aromatic rings. The van der Waals surface area contributed by atoms with Crippen LogP contribution in [-0.2, 0) is 4.79 Å². The van der Waals surface area contributed by atoms with Crippen molar-refractivity contribution in [1.82, 2.24) is 10.6 Å². The maximum absolute atomic E-state index is 12.7. The minimum absolute atomic E-state index is 0.0500. The van der Waals surface area contributed by atoms with E-state index in [0.717, 1.165) is 25.3 Å². The molecule has 2 rings (SSSR count). The number of nitro benzene ring substituents is 1. The Morgan fingerprint density at radius 3 is 2.50 bits per heavy atom. The van der Waals surface area contributed by atoms with E-state index >= 15 is 0 Å². The fraction of sp³-hybridized carbons (Fsp3) is 0.579. The van der Waals surface area contributed by atoms with Crippen molar-refractivity contribution in [3.05, 3.63) is 38.9 Å². The number of hydrogen-bond acceptors (Lipinski definition) is 5. The number of carbonyl (C=O) groups excluding carboxylic acids is 2. The van der Waals surface area contributed by atoms with Gasteiger partial charge in [-0.3, -0.25) is 19.7 Å². The van der Waals surface area contributed by atoms with Crippen LogP contribution in [0.5, 0.6) is 0 Å². The molecular weight excluding hydrogens is 386 g/mol. The van der Waals surface area contributed by atoms with Crippen molar-refractivity contribution >= 4 is 29.1 Å². The van der Waals surface area contributed by atoms with Crippen LogP contribution in [0.15, 0.2) is 18.2 Å². The smallest absolute Gasteiger partial charge is 0.270 e. The first kappa shape index (κ1) is 22.1. The first-order valence-electron chi connectivity index (χ1n) is 9.32. The van der Waals surface area contributed by atoms with E-state index in [9.17, 15) is 24.8 Å². The summed E-state index contributed by atoms with van der Waals surface area (Å²) in [6, 6.07) is 2.80. The van der Waals surface area contributed by atoms with E-state index in [-0.39, 0.29) is 40.1 Å². The Balaban J connectivity index is 2.04.